The van der Waals surface area contributed by atoms with E-state index in [9.17, 15) is 4.79 Å². The van der Waals surface area contributed by atoms with Crippen LogP contribution in [-0.4, -0.2) is 17.5 Å². The highest BCUT2D eigenvalue weighted by Crippen LogP contribution is 2.29. The maximum absolute atomic E-state index is 11.5. The lowest BCUT2D eigenvalue weighted by Crippen LogP contribution is -2.26. The second kappa shape index (κ2) is 2.87. The first kappa shape index (κ1) is 9.20. The van der Waals surface area contributed by atoms with Gasteiger partial charge in [0.15, 0.2) is 5.78 Å². The second-order valence-corrected chi connectivity index (χ2v) is 3.76. The third kappa shape index (κ3) is 1.48. The van der Waals surface area contributed by atoms with E-state index in [1.54, 1.807) is 13.0 Å². The van der Waals surface area contributed by atoms with E-state index in [-0.39, 0.29) is 12.4 Å². The van der Waals surface area contributed by atoms with Crippen molar-refractivity contribution in [3.63, 3.8) is 0 Å². The average Bonchev–Trinajstić information content (AvgIpc) is 1.99. The molecule has 0 amide bonds. The highest BCUT2D eigenvalue weighted by atomic mass is 16.3. The third-order valence-corrected chi connectivity index (χ3v) is 2.07. The Kier molecular flexibility index (Phi) is 2.20. The number of rotatable bonds is 1. The molecule has 1 N–H and O–H groups in total. The molecule has 0 bridgehead atoms. The van der Waals surface area contributed by atoms with Gasteiger partial charge >= 0.3 is 0 Å². The zero-order chi connectivity index (χ0) is 9.35. The summed E-state index contributed by atoms with van der Waals surface area (Å²) in [5.74, 6) is 0.139. The molecule has 1 rings (SSSR count). The van der Waals surface area contributed by atoms with Crippen molar-refractivity contribution in [3.05, 3.63) is 23.3 Å². The number of Topliss-reactive ketones (excluding diaryl/α,β-unsaturated/α-hetero) is 1. The SMILES string of the molecule is CC1=CC(CO)=CC(C)(C)C1=O. The molecule has 1 aliphatic carbocycles. The van der Waals surface area contributed by atoms with Crippen molar-refractivity contribution >= 4 is 5.78 Å². The molecule has 0 spiro atoms. The number of hydrogen-bond acceptors (Lipinski definition) is 2. The van der Waals surface area contributed by atoms with Gasteiger partial charge in [-0.05, 0) is 31.9 Å². The topological polar surface area (TPSA) is 37.3 Å². The smallest absolute Gasteiger partial charge is 0.167 e. The Balaban J connectivity index is 3.07. The molecule has 0 radical (unpaired) electrons. The molecule has 1 aliphatic rings. The molecule has 0 aromatic rings. The fraction of sp³-hybridized carbons (Fsp3) is 0.500. The Bertz CT molecular complexity index is 270. The van der Waals surface area contributed by atoms with Crippen LogP contribution in [-0.2, 0) is 4.79 Å². The van der Waals surface area contributed by atoms with Gasteiger partial charge in [0.25, 0.3) is 0 Å². The van der Waals surface area contributed by atoms with Crippen LogP contribution >= 0.6 is 0 Å². The van der Waals surface area contributed by atoms with Crippen molar-refractivity contribution in [2.24, 2.45) is 5.41 Å². The highest BCUT2D eigenvalue weighted by Gasteiger charge is 2.29. The lowest BCUT2D eigenvalue weighted by molar-refractivity contribution is -0.121. The van der Waals surface area contributed by atoms with Gasteiger partial charge in [-0.25, -0.2) is 0 Å². The maximum Gasteiger partial charge on any atom is 0.167 e. The predicted molar refractivity (Wildman–Crippen MR) is 47.7 cm³/mol. The van der Waals surface area contributed by atoms with Crippen LogP contribution in [0.1, 0.15) is 20.8 Å². The predicted octanol–water partition coefficient (Wildman–Crippen LogP) is 1.46. The minimum atomic E-state index is -0.448. The van der Waals surface area contributed by atoms with E-state index in [4.69, 9.17) is 5.11 Å². The van der Waals surface area contributed by atoms with Crippen molar-refractivity contribution in [2.75, 3.05) is 6.61 Å². The first-order chi connectivity index (χ1) is 5.47. The Hall–Kier alpha value is -0.890. The molecule has 0 unspecified atom stereocenters. The largest absolute Gasteiger partial charge is 0.392 e. The van der Waals surface area contributed by atoms with Gasteiger partial charge in [-0.1, -0.05) is 12.2 Å². The van der Waals surface area contributed by atoms with Crippen LogP contribution in [0.25, 0.3) is 0 Å². The fourth-order valence-corrected chi connectivity index (χ4v) is 1.51. The van der Waals surface area contributed by atoms with E-state index in [2.05, 4.69) is 0 Å². The van der Waals surface area contributed by atoms with Gasteiger partial charge in [-0.2, -0.15) is 0 Å². The lowest BCUT2D eigenvalue weighted by Gasteiger charge is -2.24. The van der Waals surface area contributed by atoms with Gasteiger partial charge < -0.3 is 5.11 Å². The molecule has 0 heterocycles. The summed E-state index contributed by atoms with van der Waals surface area (Å²) in [6.07, 6.45) is 3.57. The van der Waals surface area contributed by atoms with E-state index < -0.39 is 5.41 Å². The van der Waals surface area contributed by atoms with Gasteiger partial charge in [0.2, 0.25) is 0 Å². The van der Waals surface area contributed by atoms with Gasteiger partial charge in [0.05, 0.1) is 6.61 Å². The number of carbonyl (C=O) groups is 1. The van der Waals surface area contributed by atoms with Crippen LogP contribution in [0.3, 0.4) is 0 Å². The normalized spacial score (nSPS) is 21.8. The van der Waals surface area contributed by atoms with Crippen LogP contribution in [0.15, 0.2) is 23.3 Å². The van der Waals surface area contributed by atoms with Crippen molar-refractivity contribution in [1.82, 2.24) is 0 Å². The second-order valence-electron chi connectivity index (χ2n) is 3.76. The van der Waals surface area contributed by atoms with E-state index in [1.165, 1.54) is 0 Å². The van der Waals surface area contributed by atoms with Crippen LogP contribution in [0, 0.1) is 5.41 Å². The maximum atomic E-state index is 11.5. The Morgan fingerprint density at radius 1 is 1.50 bits per heavy atom. The van der Waals surface area contributed by atoms with Gasteiger partial charge in [0.1, 0.15) is 0 Å². The molecule has 2 nitrogen and oxygen atoms in total. The standard InChI is InChI=1S/C10H14O2/c1-7-4-8(6-11)5-10(2,3)9(7)12/h4-5,11H,6H2,1-3H3. The molecule has 0 aromatic heterocycles. The molecular weight excluding hydrogens is 152 g/mol. The number of aliphatic hydroxyl groups is 1. The van der Waals surface area contributed by atoms with E-state index in [1.807, 2.05) is 19.9 Å². The van der Waals surface area contributed by atoms with Crippen LogP contribution < -0.4 is 0 Å². The number of carbonyl (C=O) groups excluding carboxylic acids is 1. The summed E-state index contributed by atoms with van der Waals surface area (Å²) in [6, 6.07) is 0. The van der Waals surface area contributed by atoms with Crippen molar-refractivity contribution in [1.29, 1.82) is 0 Å². The third-order valence-electron chi connectivity index (χ3n) is 2.07. The molecule has 0 fully saturated rings. The van der Waals surface area contributed by atoms with Gasteiger partial charge in [-0.15, -0.1) is 0 Å². The molecule has 0 aliphatic heterocycles. The summed E-state index contributed by atoms with van der Waals surface area (Å²) < 4.78 is 0. The minimum absolute atomic E-state index is 0.00799. The summed E-state index contributed by atoms with van der Waals surface area (Å²) in [4.78, 5) is 11.5. The monoisotopic (exact) mass is 166 g/mol. The van der Waals surface area contributed by atoms with E-state index in [0.717, 1.165) is 11.1 Å². The molecule has 12 heavy (non-hydrogen) atoms. The molecule has 2 heteroatoms. The Labute approximate surface area is 72.6 Å². The Morgan fingerprint density at radius 3 is 2.50 bits per heavy atom. The van der Waals surface area contributed by atoms with Crippen molar-refractivity contribution in [3.8, 4) is 0 Å². The molecule has 0 aromatic carbocycles. The van der Waals surface area contributed by atoms with Crippen molar-refractivity contribution in [2.45, 2.75) is 20.8 Å². The first-order valence-corrected chi connectivity index (χ1v) is 4.03. The van der Waals surface area contributed by atoms with E-state index in [0.29, 0.717) is 0 Å². The van der Waals surface area contributed by atoms with Gasteiger partial charge in [-0.3, -0.25) is 4.79 Å². The van der Waals surface area contributed by atoms with Crippen LogP contribution in [0.2, 0.25) is 0 Å². The summed E-state index contributed by atoms with van der Waals surface area (Å²) in [6.45, 7) is 5.52. The molecular formula is C10H14O2. The molecule has 0 saturated carbocycles. The molecule has 0 saturated heterocycles. The van der Waals surface area contributed by atoms with Crippen LogP contribution in [0.5, 0.6) is 0 Å². The minimum Gasteiger partial charge on any atom is -0.392 e. The number of hydrogen-bond donors (Lipinski definition) is 1. The van der Waals surface area contributed by atoms with Gasteiger partial charge in [0, 0.05) is 5.41 Å². The molecule has 0 atom stereocenters. The summed E-state index contributed by atoms with van der Waals surface area (Å²) in [5.41, 5.74) is 1.11. The summed E-state index contributed by atoms with van der Waals surface area (Å²) in [5, 5.41) is 8.90. The zero-order valence-corrected chi connectivity index (χ0v) is 7.72. The Morgan fingerprint density at radius 2 is 2.08 bits per heavy atom. The highest BCUT2D eigenvalue weighted by molar-refractivity contribution is 6.01. The zero-order valence-electron chi connectivity index (χ0n) is 7.72. The van der Waals surface area contributed by atoms with E-state index >= 15 is 0 Å². The van der Waals surface area contributed by atoms with Crippen molar-refractivity contribution < 1.29 is 9.90 Å². The molecule has 66 valence electrons. The average molecular weight is 166 g/mol. The van der Waals surface area contributed by atoms with Crippen LogP contribution in [0.4, 0.5) is 0 Å². The number of allylic oxidation sites excluding steroid dienone is 2. The first-order valence-electron chi connectivity index (χ1n) is 4.03. The summed E-state index contributed by atoms with van der Waals surface area (Å²) in [7, 11) is 0. The summed E-state index contributed by atoms with van der Waals surface area (Å²) >= 11 is 0. The number of aliphatic hydroxyl groups excluding tert-OH is 1. The fourth-order valence-electron chi connectivity index (χ4n) is 1.51. The number of ketones is 1. The lowest BCUT2D eigenvalue weighted by atomic mass is 9.79. The quantitative estimate of drug-likeness (QED) is 0.640.